The molecule has 0 aliphatic rings. The summed E-state index contributed by atoms with van der Waals surface area (Å²) >= 11 is 3.28. The maximum Gasteiger partial charge on any atom is 0.255 e. The first kappa shape index (κ1) is 15.0. The van der Waals surface area contributed by atoms with Gasteiger partial charge in [0.05, 0.1) is 5.56 Å². The lowest BCUT2D eigenvalue weighted by atomic mass is 9.81. The van der Waals surface area contributed by atoms with Gasteiger partial charge in [0.2, 0.25) is 0 Å². The topological polar surface area (TPSA) is 68.0 Å². The second-order valence-electron chi connectivity index (χ2n) is 5.41. The molecule has 3 N–H and O–H groups in total. The van der Waals surface area contributed by atoms with Crippen LogP contribution in [0.3, 0.4) is 0 Å². The number of nitrogens with two attached hydrogens (primary N) is 1. The normalized spacial score (nSPS) is 11.7. The summed E-state index contributed by atoms with van der Waals surface area (Å²) in [6, 6.07) is 1.68. The fourth-order valence-electron chi connectivity index (χ4n) is 1.24. The van der Waals surface area contributed by atoms with Gasteiger partial charge in [-0.25, -0.2) is 4.98 Å². The van der Waals surface area contributed by atoms with Crippen molar-refractivity contribution in [2.24, 2.45) is 11.3 Å². The van der Waals surface area contributed by atoms with Crippen molar-refractivity contribution in [2.75, 3.05) is 12.3 Å². The van der Waals surface area contributed by atoms with Gasteiger partial charge < -0.3 is 11.1 Å². The quantitative estimate of drug-likeness (QED) is 0.898. The Labute approximate surface area is 116 Å². The second-order valence-corrected chi connectivity index (χ2v) is 6.33. The lowest BCUT2D eigenvalue weighted by molar-refractivity contribution is 0.0925. The van der Waals surface area contributed by atoms with Gasteiger partial charge in [0.25, 0.3) is 5.91 Å². The van der Waals surface area contributed by atoms with Crippen LogP contribution in [0.1, 0.15) is 38.1 Å². The van der Waals surface area contributed by atoms with Crippen LogP contribution in [-0.4, -0.2) is 17.4 Å². The molecule has 18 heavy (non-hydrogen) atoms. The molecule has 0 aromatic carbocycles. The van der Waals surface area contributed by atoms with Gasteiger partial charge in [-0.3, -0.25) is 4.79 Å². The van der Waals surface area contributed by atoms with Crippen LogP contribution < -0.4 is 11.1 Å². The highest BCUT2D eigenvalue weighted by atomic mass is 79.9. The van der Waals surface area contributed by atoms with Gasteiger partial charge in [-0.1, -0.05) is 27.7 Å². The maximum atomic E-state index is 12.0. The SMILES string of the molecule is CC(C)C(C)(C)CNC(=O)c1cc(Br)cnc1N. The Hall–Kier alpha value is -1.10. The number of amides is 1. The minimum absolute atomic E-state index is 0.0455. The first-order valence-electron chi connectivity index (χ1n) is 5.93. The molecule has 1 aromatic heterocycles. The van der Waals surface area contributed by atoms with Crippen molar-refractivity contribution in [3.05, 3.63) is 22.3 Å². The third-order valence-corrected chi connectivity index (χ3v) is 3.83. The number of hydrogen-bond acceptors (Lipinski definition) is 3. The predicted octanol–water partition coefficient (Wildman–Crippen LogP) is 2.84. The Morgan fingerprint density at radius 1 is 1.56 bits per heavy atom. The van der Waals surface area contributed by atoms with Crippen LogP contribution in [0.2, 0.25) is 0 Å². The lowest BCUT2D eigenvalue weighted by Gasteiger charge is -2.29. The van der Waals surface area contributed by atoms with Crippen molar-refractivity contribution in [2.45, 2.75) is 27.7 Å². The van der Waals surface area contributed by atoms with Crippen molar-refractivity contribution < 1.29 is 4.79 Å². The van der Waals surface area contributed by atoms with E-state index in [9.17, 15) is 4.79 Å². The largest absolute Gasteiger partial charge is 0.383 e. The van der Waals surface area contributed by atoms with Crippen molar-refractivity contribution in [3.63, 3.8) is 0 Å². The zero-order chi connectivity index (χ0) is 13.9. The molecule has 100 valence electrons. The number of nitrogens with one attached hydrogen (secondary N) is 1. The summed E-state index contributed by atoms with van der Waals surface area (Å²) in [5.41, 5.74) is 6.15. The van der Waals surface area contributed by atoms with E-state index < -0.39 is 0 Å². The van der Waals surface area contributed by atoms with Crippen LogP contribution in [0.4, 0.5) is 5.82 Å². The van der Waals surface area contributed by atoms with Crippen LogP contribution in [0.25, 0.3) is 0 Å². The van der Waals surface area contributed by atoms with E-state index in [1.54, 1.807) is 12.3 Å². The Kier molecular flexibility index (Phi) is 4.73. The number of pyridine rings is 1. The lowest BCUT2D eigenvalue weighted by Crippen LogP contribution is -2.37. The molecule has 0 saturated heterocycles. The summed E-state index contributed by atoms with van der Waals surface area (Å²) in [7, 11) is 0. The van der Waals surface area contributed by atoms with E-state index in [1.807, 2.05) is 0 Å². The Balaban J connectivity index is 2.75. The second kappa shape index (κ2) is 5.69. The van der Waals surface area contributed by atoms with Gasteiger partial charge >= 0.3 is 0 Å². The molecule has 0 unspecified atom stereocenters. The predicted molar refractivity (Wildman–Crippen MR) is 77.3 cm³/mol. The van der Waals surface area contributed by atoms with E-state index in [-0.39, 0.29) is 17.1 Å². The van der Waals surface area contributed by atoms with E-state index >= 15 is 0 Å². The molecule has 0 aliphatic heterocycles. The smallest absolute Gasteiger partial charge is 0.255 e. The van der Waals surface area contributed by atoms with Crippen molar-refractivity contribution in [1.29, 1.82) is 0 Å². The Morgan fingerprint density at radius 3 is 2.72 bits per heavy atom. The molecular weight excluding hydrogens is 294 g/mol. The molecule has 1 amide bonds. The molecule has 0 saturated carbocycles. The molecule has 0 aliphatic carbocycles. The Morgan fingerprint density at radius 2 is 2.17 bits per heavy atom. The number of nitrogens with zero attached hydrogens (tertiary/aromatic N) is 1. The van der Waals surface area contributed by atoms with Crippen LogP contribution in [0, 0.1) is 11.3 Å². The molecule has 0 spiro atoms. The first-order chi connectivity index (χ1) is 8.24. The molecule has 5 heteroatoms. The number of carbonyl (C=O) groups excluding carboxylic acids is 1. The fraction of sp³-hybridized carbons (Fsp3) is 0.538. The van der Waals surface area contributed by atoms with E-state index in [1.165, 1.54) is 0 Å². The molecule has 4 nitrogen and oxygen atoms in total. The molecule has 1 aromatic rings. The zero-order valence-corrected chi connectivity index (χ0v) is 12.8. The molecular formula is C13H20BrN3O. The average molecular weight is 314 g/mol. The number of halogens is 1. The van der Waals surface area contributed by atoms with Crippen molar-refractivity contribution in [1.82, 2.24) is 10.3 Å². The minimum atomic E-state index is -0.185. The average Bonchev–Trinajstić information content (AvgIpc) is 2.29. The summed E-state index contributed by atoms with van der Waals surface area (Å²) in [6.45, 7) is 9.14. The maximum absolute atomic E-state index is 12.0. The number of anilines is 1. The van der Waals surface area contributed by atoms with Gasteiger partial charge in [-0.2, -0.15) is 0 Å². The van der Waals surface area contributed by atoms with Gasteiger partial charge in [0.15, 0.2) is 0 Å². The summed E-state index contributed by atoms with van der Waals surface area (Å²) in [4.78, 5) is 16.0. The summed E-state index contributed by atoms with van der Waals surface area (Å²) in [5.74, 6) is 0.545. The standard InChI is InChI=1S/C13H20BrN3O/c1-8(2)13(3,4)7-17-12(18)10-5-9(14)6-16-11(10)15/h5-6,8H,7H2,1-4H3,(H2,15,16)(H,17,18). The molecule has 0 radical (unpaired) electrons. The van der Waals surface area contributed by atoms with Crippen LogP contribution >= 0.6 is 15.9 Å². The highest BCUT2D eigenvalue weighted by Crippen LogP contribution is 2.25. The molecule has 1 rings (SSSR count). The molecule has 0 atom stereocenters. The van der Waals surface area contributed by atoms with Gasteiger partial charge in [0.1, 0.15) is 5.82 Å². The van der Waals surface area contributed by atoms with Crippen LogP contribution in [0.5, 0.6) is 0 Å². The van der Waals surface area contributed by atoms with Crippen LogP contribution in [0.15, 0.2) is 16.7 Å². The number of nitrogen functional groups attached to an aromatic ring is 1. The van der Waals surface area contributed by atoms with Gasteiger partial charge in [0, 0.05) is 17.2 Å². The highest BCUT2D eigenvalue weighted by Gasteiger charge is 2.23. The van der Waals surface area contributed by atoms with E-state index in [2.05, 4.69) is 53.9 Å². The van der Waals surface area contributed by atoms with Crippen molar-refractivity contribution >= 4 is 27.7 Å². The minimum Gasteiger partial charge on any atom is -0.383 e. The first-order valence-corrected chi connectivity index (χ1v) is 6.72. The zero-order valence-electron chi connectivity index (χ0n) is 11.2. The fourth-order valence-corrected chi connectivity index (χ4v) is 1.57. The third kappa shape index (κ3) is 3.70. The highest BCUT2D eigenvalue weighted by molar-refractivity contribution is 9.10. The van der Waals surface area contributed by atoms with E-state index in [4.69, 9.17) is 5.73 Å². The number of aromatic nitrogens is 1. The van der Waals surface area contributed by atoms with Gasteiger partial charge in [-0.15, -0.1) is 0 Å². The number of hydrogen-bond donors (Lipinski definition) is 2. The summed E-state index contributed by atoms with van der Waals surface area (Å²) < 4.78 is 0.741. The summed E-state index contributed by atoms with van der Waals surface area (Å²) in [5, 5.41) is 2.91. The molecule has 0 fully saturated rings. The number of carbonyl (C=O) groups is 1. The molecule has 1 heterocycles. The van der Waals surface area contributed by atoms with Crippen LogP contribution in [-0.2, 0) is 0 Å². The van der Waals surface area contributed by atoms with E-state index in [0.717, 1.165) is 4.47 Å². The number of rotatable bonds is 4. The van der Waals surface area contributed by atoms with E-state index in [0.29, 0.717) is 18.0 Å². The van der Waals surface area contributed by atoms with Crippen molar-refractivity contribution in [3.8, 4) is 0 Å². The van der Waals surface area contributed by atoms with Gasteiger partial charge in [-0.05, 0) is 33.3 Å². The molecule has 0 bridgehead atoms. The monoisotopic (exact) mass is 313 g/mol. The third-order valence-electron chi connectivity index (χ3n) is 3.40. The summed E-state index contributed by atoms with van der Waals surface area (Å²) in [6.07, 6.45) is 1.57. The Bertz CT molecular complexity index is 444.